The first-order valence-electron chi connectivity index (χ1n) is 7.26. The molecule has 2 aromatic rings. The van der Waals surface area contributed by atoms with Gasteiger partial charge in [0, 0.05) is 22.4 Å². The van der Waals surface area contributed by atoms with Crippen LogP contribution in [0.3, 0.4) is 0 Å². The number of pyridine rings is 1. The van der Waals surface area contributed by atoms with E-state index in [1.54, 1.807) is 6.07 Å². The van der Waals surface area contributed by atoms with Crippen LogP contribution in [0.5, 0.6) is 0 Å². The van der Waals surface area contributed by atoms with Crippen molar-refractivity contribution in [2.24, 2.45) is 0 Å². The molecule has 0 fully saturated rings. The number of halogens is 2. The maximum absolute atomic E-state index is 13.9. The molecule has 1 N–H and O–H groups in total. The fourth-order valence-corrected chi connectivity index (χ4v) is 2.81. The van der Waals surface area contributed by atoms with E-state index in [4.69, 9.17) is 0 Å². The molecule has 2 rings (SSSR count). The first-order valence-corrected chi connectivity index (χ1v) is 8.05. The van der Waals surface area contributed by atoms with Gasteiger partial charge in [0.15, 0.2) is 0 Å². The number of aryl methyl sites for hydroxylation is 1. The van der Waals surface area contributed by atoms with Gasteiger partial charge >= 0.3 is 0 Å². The van der Waals surface area contributed by atoms with Gasteiger partial charge in [0.05, 0.1) is 0 Å². The summed E-state index contributed by atoms with van der Waals surface area (Å²) in [6.07, 6.45) is 4.34. The normalized spacial score (nSPS) is 12.3. The van der Waals surface area contributed by atoms with E-state index in [-0.39, 0.29) is 11.9 Å². The van der Waals surface area contributed by atoms with Gasteiger partial charge < -0.3 is 5.32 Å². The maximum atomic E-state index is 13.9. The molecule has 112 valence electrons. The standard InChI is InChI=1S/C17H20BrFN2/c1-2-20-16(8-7-15-5-3-4-10-21-15)12-13-11-14(18)6-9-17(13)19/h3-6,9-11,16,20H,2,7-8,12H2,1H3. The molecule has 0 saturated carbocycles. The summed E-state index contributed by atoms with van der Waals surface area (Å²) in [6, 6.07) is 11.3. The van der Waals surface area contributed by atoms with Gasteiger partial charge in [-0.1, -0.05) is 28.9 Å². The van der Waals surface area contributed by atoms with E-state index < -0.39 is 0 Å². The van der Waals surface area contributed by atoms with Crippen LogP contribution in [0.4, 0.5) is 4.39 Å². The summed E-state index contributed by atoms with van der Waals surface area (Å²) < 4.78 is 14.8. The molecule has 0 saturated heterocycles. The van der Waals surface area contributed by atoms with E-state index in [1.165, 1.54) is 6.07 Å². The molecule has 4 heteroatoms. The Balaban J connectivity index is 2.00. The minimum Gasteiger partial charge on any atom is -0.314 e. The van der Waals surface area contributed by atoms with Crippen LogP contribution in [0.2, 0.25) is 0 Å². The summed E-state index contributed by atoms with van der Waals surface area (Å²) in [5, 5.41) is 3.44. The highest BCUT2D eigenvalue weighted by molar-refractivity contribution is 9.10. The smallest absolute Gasteiger partial charge is 0.126 e. The molecule has 1 heterocycles. The molecule has 0 aliphatic heterocycles. The zero-order valence-corrected chi connectivity index (χ0v) is 13.7. The molecular weight excluding hydrogens is 331 g/mol. The molecule has 0 aliphatic carbocycles. The lowest BCUT2D eigenvalue weighted by Crippen LogP contribution is -2.31. The lowest BCUT2D eigenvalue weighted by Gasteiger charge is -2.18. The van der Waals surface area contributed by atoms with Crippen molar-refractivity contribution in [2.45, 2.75) is 32.2 Å². The first-order chi connectivity index (χ1) is 10.2. The van der Waals surface area contributed by atoms with Crippen molar-refractivity contribution < 1.29 is 4.39 Å². The molecule has 0 bridgehead atoms. The van der Waals surface area contributed by atoms with Gasteiger partial charge in [0.1, 0.15) is 5.82 Å². The number of aromatic nitrogens is 1. The molecule has 0 amide bonds. The third-order valence-corrected chi connectivity index (χ3v) is 3.94. The molecular formula is C17H20BrFN2. The number of benzene rings is 1. The number of likely N-dealkylation sites (N-methyl/N-ethyl adjacent to an activating group) is 1. The zero-order valence-electron chi connectivity index (χ0n) is 12.2. The zero-order chi connectivity index (χ0) is 15.1. The molecule has 0 aliphatic rings. The van der Waals surface area contributed by atoms with E-state index in [0.29, 0.717) is 6.42 Å². The Hall–Kier alpha value is -1.26. The highest BCUT2D eigenvalue weighted by Crippen LogP contribution is 2.18. The van der Waals surface area contributed by atoms with Crippen molar-refractivity contribution in [3.8, 4) is 0 Å². The summed E-state index contributed by atoms with van der Waals surface area (Å²) >= 11 is 3.40. The fraction of sp³-hybridized carbons (Fsp3) is 0.353. The second kappa shape index (κ2) is 8.25. The second-order valence-corrected chi connectivity index (χ2v) is 5.97. The van der Waals surface area contributed by atoms with E-state index in [0.717, 1.165) is 35.1 Å². The van der Waals surface area contributed by atoms with Gasteiger partial charge in [0.25, 0.3) is 0 Å². The van der Waals surface area contributed by atoms with Crippen molar-refractivity contribution in [1.29, 1.82) is 0 Å². The first kappa shape index (κ1) is 16.1. The lowest BCUT2D eigenvalue weighted by atomic mass is 10.00. The average molecular weight is 351 g/mol. The van der Waals surface area contributed by atoms with Gasteiger partial charge in [-0.2, -0.15) is 0 Å². The number of nitrogens with one attached hydrogen (secondary N) is 1. The maximum Gasteiger partial charge on any atom is 0.126 e. The summed E-state index contributed by atoms with van der Waals surface area (Å²) in [7, 11) is 0. The van der Waals surface area contributed by atoms with E-state index in [1.807, 2.05) is 30.5 Å². The van der Waals surface area contributed by atoms with Crippen LogP contribution < -0.4 is 5.32 Å². The van der Waals surface area contributed by atoms with Crippen molar-refractivity contribution >= 4 is 15.9 Å². The number of rotatable bonds is 7. The molecule has 1 atom stereocenters. The fourth-order valence-electron chi connectivity index (χ4n) is 2.40. The number of hydrogen-bond acceptors (Lipinski definition) is 2. The van der Waals surface area contributed by atoms with Crippen LogP contribution in [-0.2, 0) is 12.8 Å². The van der Waals surface area contributed by atoms with Gasteiger partial charge in [-0.05, 0) is 61.7 Å². The topological polar surface area (TPSA) is 24.9 Å². The minimum absolute atomic E-state index is 0.140. The molecule has 2 nitrogen and oxygen atoms in total. The van der Waals surface area contributed by atoms with E-state index in [9.17, 15) is 4.39 Å². The predicted molar refractivity (Wildman–Crippen MR) is 87.8 cm³/mol. The van der Waals surface area contributed by atoms with Crippen molar-refractivity contribution in [1.82, 2.24) is 10.3 Å². The predicted octanol–water partition coefficient (Wildman–Crippen LogP) is 4.14. The minimum atomic E-state index is -0.140. The highest BCUT2D eigenvalue weighted by atomic mass is 79.9. The Labute approximate surface area is 133 Å². The lowest BCUT2D eigenvalue weighted by molar-refractivity contribution is 0.478. The molecule has 0 spiro atoms. The van der Waals surface area contributed by atoms with Gasteiger partial charge in [-0.25, -0.2) is 4.39 Å². The highest BCUT2D eigenvalue weighted by Gasteiger charge is 2.12. The van der Waals surface area contributed by atoms with Crippen molar-refractivity contribution in [3.63, 3.8) is 0 Å². The molecule has 21 heavy (non-hydrogen) atoms. The van der Waals surface area contributed by atoms with Crippen LogP contribution in [0.1, 0.15) is 24.6 Å². The Morgan fingerprint density at radius 1 is 1.29 bits per heavy atom. The van der Waals surface area contributed by atoms with Crippen molar-refractivity contribution in [3.05, 3.63) is 64.1 Å². The van der Waals surface area contributed by atoms with E-state index in [2.05, 4.69) is 33.2 Å². The summed E-state index contributed by atoms with van der Waals surface area (Å²) in [5.74, 6) is -0.140. The summed E-state index contributed by atoms with van der Waals surface area (Å²) in [5.41, 5.74) is 1.83. The Morgan fingerprint density at radius 3 is 2.86 bits per heavy atom. The Morgan fingerprint density at radius 2 is 2.14 bits per heavy atom. The number of hydrogen-bond donors (Lipinski definition) is 1. The second-order valence-electron chi connectivity index (χ2n) is 5.05. The quantitative estimate of drug-likeness (QED) is 0.811. The third-order valence-electron chi connectivity index (χ3n) is 3.44. The van der Waals surface area contributed by atoms with Gasteiger partial charge in [-0.15, -0.1) is 0 Å². The van der Waals surface area contributed by atoms with Crippen molar-refractivity contribution in [2.75, 3.05) is 6.54 Å². The van der Waals surface area contributed by atoms with Gasteiger partial charge in [-0.3, -0.25) is 4.98 Å². The SMILES string of the molecule is CCNC(CCc1ccccn1)Cc1cc(Br)ccc1F. The monoisotopic (exact) mass is 350 g/mol. The molecule has 1 aromatic carbocycles. The third kappa shape index (κ3) is 5.21. The summed E-state index contributed by atoms with van der Waals surface area (Å²) in [4.78, 5) is 4.34. The molecule has 0 radical (unpaired) electrons. The van der Waals surface area contributed by atoms with Crippen LogP contribution in [0, 0.1) is 5.82 Å². The Bertz CT molecular complexity index is 560. The number of nitrogens with zero attached hydrogens (tertiary/aromatic N) is 1. The largest absolute Gasteiger partial charge is 0.314 e. The van der Waals surface area contributed by atoms with Gasteiger partial charge in [0.2, 0.25) is 0 Å². The average Bonchev–Trinajstić information content (AvgIpc) is 2.50. The molecule has 1 aromatic heterocycles. The Kier molecular flexibility index (Phi) is 6.33. The summed E-state index contributed by atoms with van der Waals surface area (Å²) in [6.45, 7) is 2.95. The van der Waals surface area contributed by atoms with Crippen LogP contribution in [0.25, 0.3) is 0 Å². The van der Waals surface area contributed by atoms with E-state index >= 15 is 0 Å². The van der Waals surface area contributed by atoms with Crippen LogP contribution in [-0.4, -0.2) is 17.6 Å². The van der Waals surface area contributed by atoms with Crippen LogP contribution >= 0.6 is 15.9 Å². The van der Waals surface area contributed by atoms with Crippen LogP contribution in [0.15, 0.2) is 47.1 Å². The molecule has 1 unspecified atom stereocenters.